The zero-order chi connectivity index (χ0) is 19.6. The minimum absolute atomic E-state index is 0.133. The van der Waals surface area contributed by atoms with Crippen LogP contribution in [-0.4, -0.2) is 29.3 Å². The number of thiocarbonyl (C=S) groups is 1. The second kappa shape index (κ2) is 8.33. The molecule has 0 atom stereocenters. The fraction of sp³-hybridized carbons (Fsp3) is 0.200. The van der Waals surface area contributed by atoms with E-state index in [-0.39, 0.29) is 5.91 Å². The smallest absolute Gasteiger partial charge is 0.266 e. The lowest BCUT2D eigenvalue weighted by Gasteiger charge is -2.15. The van der Waals surface area contributed by atoms with Gasteiger partial charge in [0, 0.05) is 10.6 Å². The molecule has 4 nitrogen and oxygen atoms in total. The minimum atomic E-state index is -0.133. The van der Waals surface area contributed by atoms with Gasteiger partial charge in [-0.2, -0.15) is 0 Å². The van der Waals surface area contributed by atoms with Gasteiger partial charge in [-0.3, -0.25) is 9.69 Å². The number of halogens is 1. The summed E-state index contributed by atoms with van der Waals surface area (Å²) in [4.78, 5) is 15.0. The number of ether oxygens (including phenoxy) is 2. The van der Waals surface area contributed by atoms with Crippen molar-refractivity contribution in [2.75, 3.05) is 14.2 Å². The maximum Gasteiger partial charge on any atom is 0.266 e. The van der Waals surface area contributed by atoms with Crippen molar-refractivity contribution < 1.29 is 14.3 Å². The van der Waals surface area contributed by atoms with Gasteiger partial charge in [0.15, 0.2) is 11.5 Å². The van der Waals surface area contributed by atoms with Crippen LogP contribution in [0.1, 0.15) is 16.7 Å². The Morgan fingerprint density at radius 1 is 1.22 bits per heavy atom. The largest absolute Gasteiger partial charge is 0.493 e. The molecule has 1 amide bonds. The molecule has 0 aliphatic carbocycles. The third-order valence-electron chi connectivity index (χ3n) is 4.17. The molecular weight excluding hydrogens is 402 g/mol. The van der Waals surface area contributed by atoms with E-state index < -0.39 is 0 Å². The average Bonchev–Trinajstić information content (AvgIpc) is 2.91. The van der Waals surface area contributed by atoms with Crippen molar-refractivity contribution in [1.29, 1.82) is 0 Å². The van der Waals surface area contributed by atoms with Crippen LogP contribution in [-0.2, 0) is 11.3 Å². The molecule has 1 saturated heterocycles. The van der Waals surface area contributed by atoms with Crippen LogP contribution in [0.5, 0.6) is 11.5 Å². The van der Waals surface area contributed by atoms with Crippen LogP contribution in [0, 0.1) is 6.92 Å². The molecule has 0 unspecified atom stereocenters. The third-order valence-corrected chi connectivity index (χ3v) is 5.96. The highest BCUT2D eigenvalue weighted by Gasteiger charge is 2.32. The zero-order valence-corrected chi connectivity index (χ0v) is 17.5. The van der Waals surface area contributed by atoms with Gasteiger partial charge in [-0.25, -0.2) is 0 Å². The van der Waals surface area contributed by atoms with Gasteiger partial charge in [0.2, 0.25) is 0 Å². The molecule has 0 aromatic heterocycles. The highest BCUT2D eigenvalue weighted by Crippen LogP contribution is 2.38. The second-order valence-electron chi connectivity index (χ2n) is 5.93. The van der Waals surface area contributed by atoms with Gasteiger partial charge in [-0.1, -0.05) is 59.8 Å². The van der Waals surface area contributed by atoms with E-state index >= 15 is 0 Å². The van der Waals surface area contributed by atoms with E-state index in [0.717, 1.165) is 16.7 Å². The Morgan fingerprint density at radius 2 is 2.00 bits per heavy atom. The lowest BCUT2D eigenvalue weighted by Crippen LogP contribution is -2.27. The number of rotatable bonds is 5. The maximum atomic E-state index is 12.9. The zero-order valence-electron chi connectivity index (χ0n) is 15.1. The Kier molecular flexibility index (Phi) is 6.09. The summed E-state index contributed by atoms with van der Waals surface area (Å²) in [6.07, 6.45) is 1.78. The molecule has 27 heavy (non-hydrogen) atoms. The van der Waals surface area contributed by atoms with E-state index in [0.29, 0.717) is 32.3 Å². The average molecular weight is 420 g/mol. The van der Waals surface area contributed by atoms with E-state index in [4.69, 9.17) is 33.3 Å². The monoisotopic (exact) mass is 419 g/mol. The molecule has 0 bridgehead atoms. The number of amides is 1. The van der Waals surface area contributed by atoms with Crippen LogP contribution in [0.4, 0.5) is 0 Å². The Hall–Kier alpha value is -2.02. The normalized spacial score (nSPS) is 15.6. The van der Waals surface area contributed by atoms with Crippen molar-refractivity contribution in [1.82, 2.24) is 4.90 Å². The summed E-state index contributed by atoms with van der Waals surface area (Å²) in [5.74, 6) is 1.05. The van der Waals surface area contributed by atoms with Crippen molar-refractivity contribution in [2.45, 2.75) is 13.5 Å². The molecule has 140 valence electrons. The summed E-state index contributed by atoms with van der Waals surface area (Å²) in [6, 6.07) is 11.3. The van der Waals surface area contributed by atoms with Crippen LogP contribution in [0.3, 0.4) is 0 Å². The van der Waals surface area contributed by atoms with E-state index in [1.54, 1.807) is 25.2 Å². The van der Waals surface area contributed by atoms with E-state index in [2.05, 4.69) is 0 Å². The molecule has 1 heterocycles. The Balaban J connectivity index is 1.88. The van der Waals surface area contributed by atoms with Gasteiger partial charge in [-0.05, 0) is 36.3 Å². The number of nitrogens with zero attached hydrogens (tertiary/aromatic N) is 1. The van der Waals surface area contributed by atoms with Crippen LogP contribution in [0.15, 0.2) is 41.3 Å². The molecule has 0 spiro atoms. The molecule has 1 aliphatic heterocycles. The first-order chi connectivity index (χ1) is 12.9. The molecule has 2 aromatic rings. The van der Waals surface area contributed by atoms with Crippen LogP contribution in [0.25, 0.3) is 6.08 Å². The highest BCUT2D eigenvalue weighted by atomic mass is 35.5. The fourth-order valence-electron chi connectivity index (χ4n) is 2.72. The van der Waals surface area contributed by atoms with Crippen LogP contribution < -0.4 is 9.47 Å². The van der Waals surface area contributed by atoms with E-state index in [1.807, 2.05) is 43.3 Å². The molecular formula is C20H18ClNO3S2. The molecule has 0 radical (unpaired) electrons. The number of para-hydroxylation sites is 1. The summed E-state index contributed by atoms with van der Waals surface area (Å²) in [5, 5.41) is 0.676. The van der Waals surface area contributed by atoms with E-state index in [1.165, 1.54) is 11.8 Å². The van der Waals surface area contributed by atoms with Gasteiger partial charge in [-0.15, -0.1) is 0 Å². The second-order valence-corrected chi connectivity index (χ2v) is 8.02. The predicted molar refractivity (Wildman–Crippen MR) is 114 cm³/mol. The number of thioether (sulfide) groups is 1. The number of benzene rings is 2. The first kappa shape index (κ1) is 19.7. The number of hydrogen-bond donors (Lipinski definition) is 0. The number of methoxy groups -OCH3 is 2. The minimum Gasteiger partial charge on any atom is -0.493 e. The number of carbonyl (C=O) groups excluding carboxylic acids is 1. The van der Waals surface area contributed by atoms with Crippen molar-refractivity contribution in [2.24, 2.45) is 0 Å². The molecule has 0 saturated carbocycles. The number of carbonyl (C=O) groups is 1. The summed E-state index contributed by atoms with van der Waals surface area (Å²) in [5.41, 5.74) is 2.69. The van der Waals surface area contributed by atoms with E-state index in [9.17, 15) is 4.79 Å². The number of aryl methyl sites for hydroxylation is 1. The van der Waals surface area contributed by atoms with Crippen molar-refractivity contribution in [3.8, 4) is 11.5 Å². The topological polar surface area (TPSA) is 38.8 Å². The predicted octanol–water partition coefficient (Wildman–Crippen LogP) is 5.07. The lowest BCUT2D eigenvalue weighted by atomic mass is 10.1. The van der Waals surface area contributed by atoms with Crippen molar-refractivity contribution in [3.63, 3.8) is 0 Å². The van der Waals surface area contributed by atoms with Gasteiger partial charge in [0.25, 0.3) is 5.91 Å². The fourth-order valence-corrected chi connectivity index (χ4v) is 4.17. The summed E-state index contributed by atoms with van der Waals surface area (Å²) in [6.45, 7) is 2.33. The first-order valence-electron chi connectivity index (χ1n) is 8.16. The summed E-state index contributed by atoms with van der Waals surface area (Å²) >= 11 is 12.9. The lowest BCUT2D eigenvalue weighted by molar-refractivity contribution is -0.122. The molecule has 1 aliphatic rings. The van der Waals surface area contributed by atoms with Gasteiger partial charge >= 0.3 is 0 Å². The van der Waals surface area contributed by atoms with Gasteiger partial charge < -0.3 is 9.47 Å². The van der Waals surface area contributed by atoms with Crippen LogP contribution in [0.2, 0.25) is 5.02 Å². The standard InChI is InChI=1S/C20H18ClNO3S2/c1-12-7-8-13(9-15(12)21)11-22-19(23)17(27-20(22)26)10-14-5-4-6-16(24-2)18(14)25-3/h4-10H,11H2,1-3H3/b17-10-. The van der Waals surface area contributed by atoms with Gasteiger partial charge in [0.1, 0.15) is 4.32 Å². The maximum absolute atomic E-state index is 12.9. The van der Waals surface area contributed by atoms with Gasteiger partial charge in [0.05, 0.1) is 25.7 Å². The number of hydrogen-bond acceptors (Lipinski definition) is 5. The van der Waals surface area contributed by atoms with Crippen molar-refractivity contribution >= 4 is 51.9 Å². The Bertz CT molecular complexity index is 943. The summed E-state index contributed by atoms with van der Waals surface area (Å²) < 4.78 is 11.3. The molecule has 3 rings (SSSR count). The quantitative estimate of drug-likeness (QED) is 0.500. The third kappa shape index (κ3) is 4.13. The van der Waals surface area contributed by atoms with Crippen LogP contribution >= 0.6 is 35.6 Å². The molecule has 7 heteroatoms. The van der Waals surface area contributed by atoms with Crippen molar-refractivity contribution in [3.05, 3.63) is 63.0 Å². The first-order valence-corrected chi connectivity index (χ1v) is 9.76. The summed E-state index contributed by atoms with van der Waals surface area (Å²) in [7, 11) is 3.15. The Morgan fingerprint density at radius 3 is 2.67 bits per heavy atom. The molecule has 2 aromatic carbocycles. The Labute approximate surface area is 173 Å². The molecule has 1 fully saturated rings. The molecule has 0 N–H and O–H groups in total. The highest BCUT2D eigenvalue weighted by molar-refractivity contribution is 8.26. The SMILES string of the molecule is COc1cccc(/C=C2\SC(=S)N(Cc3ccc(C)c(Cl)c3)C2=O)c1OC.